The topological polar surface area (TPSA) is 53.6 Å². The first-order valence-corrected chi connectivity index (χ1v) is 5.24. The van der Waals surface area contributed by atoms with Gasteiger partial charge in [-0.25, -0.2) is 18.7 Å². The molecule has 0 spiro atoms. The third-order valence-electron chi connectivity index (χ3n) is 2.40. The summed E-state index contributed by atoms with van der Waals surface area (Å²) >= 11 is 0. The molecule has 2 aromatic heterocycles. The van der Waals surface area contributed by atoms with E-state index in [-0.39, 0.29) is 5.69 Å². The minimum Gasteiger partial charge on any atom is -0.345 e. The Labute approximate surface area is 101 Å². The van der Waals surface area contributed by atoms with Crippen molar-refractivity contribution in [3.05, 3.63) is 48.3 Å². The van der Waals surface area contributed by atoms with Crippen LogP contribution in [0.25, 0.3) is 11.2 Å². The molecule has 0 bridgehead atoms. The van der Waals surface area contributed by atoms with Crippen LogP contribution in [0.1, 0.15) is 0 Å². The number of halogens is 2. The van der Waals surface area contributed by atoms with E-state index in [1.165, 1.54) is 18.3 Å². The molecule has 6 heteroatoms. The zero-order valence-corrected chi connectivity index (χ0v) is 9.11. The van der Waals surface area contributed by atoms with Gasteiger partial charge in [0.1, 0.15) is 17.2 Å². The molecule has 0 unspecified atom stereocenters. The highest BCUT2D eigenvalue weighted by Gasteiger charge is 2.03. The number of aromatic amines is 1. The van der Waals surface area contributed by atoms with Crippen LogP contribution in [0.5, 0.6) is 0 Å². The third-order valence-corrected chi connectivity index (χ3v) is 2.40. The molecule has 18 heavy (non-hydrogen) atoms. The maximum atomic E-state index is 13.0. The molecule has 0 amide bonds. The number of anilines is 2. The van der Waals surface area contributed by atoms with E-state index in [9.17, 15) is 8.78 Å². The number of nitrogens with zero attached hydrogens (tertiary/aromatic N) is 2. The number of rotatable bonds is 2. The Balaban J connectivity index is 1.95. The second kappa shape index (κ2) is 4.06. The van der Waals surface area contributed by atoms with Crippen LogP contribution in [-0.4, -0.2) is 15.0 Å². The average Bonchev–Trinajstić information content (AvgIpc) is 2.74. The summed E-state index contributed by atoms with van der Waals surface area (Å²) in [7, 11) is 0. The fraction of sp³-hybridized carbons (Fsp3) is 0. The van der Waals surface area contributed by atoms with Crippen molar-refractivity contribution in [2.45, 2.75) is 0 Å². The molecule has 3 rings (SSSR count). The number of hydrogen-bond acceptors (Lipinski definition) is 3. The molecule has 90 valence electrons. The zero-order chi connectivity index (χ0) is 12.5. The molecule has 0 atom stereocenters. The van der Waals surface area contributed by atoms with Gasteiger partial charge in [0.05, 0.1) is 6.20 Å². The summed E-state index contributed by atoms with van der Waals surface area (Å²) < 4.78 is 26.0. The first-order valence-electron chi connectivity index (χ1n) is 5.24. The van der Waals surface area contributed by atoms with Crippen LogP contribution in [0.3, 0.4) is 0 Å². The Kier molecular flexibility index (Phi) is 2.40. The maximum Gasteiger partial charge on any atom is 0.158 e. The van der Waals surface area contributed by atoms with Gasteiger partial charge in [-0.05, 0) is 18.2 Å². The number of nitrogens with one attached hydrogen (secondary N) is 2. The Morgan fingerprint density at radius 2 is 1.89 bits per heavy atom. The molecule has 0 fully saturated rings. The van der Waals surface area contributed by atoms with Gasteiger partial charge in [0.15, 0.2) is 11.5 Å². The second-order valence-corrected chi connectivity index (χ2v) is 3.75. The number of hydrogen-bond donors (Lipinski definition) is 2. The number of aromatic nitrogens is 3. The van der Waals surface area contributed by atoms with E-state index < -0.39 is 11.6 Å². The van der Waals surface area contributed by atoms with Crippen LogP contribution < -0.4 is 5.32 Å². The lowest BCUT2D eigenvalue weighted by molar-refractivity contribution is 0.584. The second-order valence-electron chi connectivity index (χ2n) is 3.75. The lowest BCUT2D eigenvalue weighted by atomic mass is 10.3. The predicted molar refractivity (Wildman–Crippen MR) is 63.5 cm³/mol. The van der Waals surface area contributed by atoms with Crippen molar-refractivity contribution in [3.8, 4) is 0 Å². The predicted octanol–water partition coefficient (Wildman–Crippen LogP) is 2.98. The van der Waals surface area contributed by atoms with Crippen LogP contribution in [0.15, 0.2) is 36.7 Å². The molecule has 1 aromatic carbocycles. The molecule has 0 aliphatic carbocycles. The van der Waals surface area contributed by atoms with Gasteiger partial charge < -0.3 is 10.3 Å². The number of benzene rings is 1. The summed E-state index contributed by atoms with van der Waals surface area (Å²) in [6.45, 7) is 0. The van der Waals surface area contributed by atoms with Gasteiger partial charge in [-0.1, -0.05) is 0 Å². The molecule has 0 aliphatic rings. The summed E-state index contributed by atoms with van der Waals surface area (Å²) in [5, 5.41) is 2.79. The maximum absolute atomic E-state index is 13.0. The van der Waals surface area contributed by atoms with Crippen molar-refractivity contribution in [3.63, 3.8) is 0 Å². The quantitative estimate of drug-likeness (QED) is 0.730. The van der Waals surface area contributed by atoms with Crippen molar-refractivity contribution in [1.82, 2.24) is 15.0 Å². The number of fused-ring (bicyclic) bond motifs is 1. The van der Waals surface area contributed by atoms with Crippen LogP contribution in [0.4, 0.5) is 20.3 Å². The monoisotopic (exact) mass is 246 g/mol. The van der Waals surface area contributed by atoms with E-state index >= 15 is 0 Å². The molecular formula is C12H8F2N4. The lowest BCUT2D eigenvalue weighted by Gasteiger charge is -2.05. The fourth-order valence-corrected chi connectivity index (χ4v) is 1.66. The van der Waals surface area contributed by atoms with Crippen LogP contribution in [0, 0.1) is 11.6 Å². The van der Waals surface area contributed by atoms with Crippen molar-refractivity contribution in [1.29, 1.82) is 0 Å². The summed E-state index contributed by atoms with van der Waals surface area (Å²) in [5.41, 5.74) is 1.62. The Bertz CT molecular complexity index is 688. The Morgan fingerprint density at radius 1 is 1.11 bits per heavy atom. The van der Waals surface area contributed by atoms with Gasteiger partial charge in [-0.3, -0.25) is 0 Å². The van der Waals surface area contributed by atoms with Gasteiger partial charge in [0.25, 0.3) is 0 Å². The van der Waals surface area contributed by atoms with Gasteiger partial charge in [-0.15, -0.1) is 0 Å². The van der Waals surface area contributed by atoms with Crippen molar-refractivity contribution < 1.29 is 8.78 Å². The summed E-state index contributed by atoms with van der Waals surface area (Å²) in [4.78, 5) is 11.3. The summed E-state index contributed by atoms with van der Waals surface area (Å²) in [5.74, 6) is -0.882. The fourth-order valence-electron chi connectivity index (χ4n) is 1.66. The highest BCUT2D eigenvalue weighted by atomic mass is 19.1. The molecule has 3 aromatic rings. The Hall–Kier alpha value is -2.50. The summed E-state index contributed by atoms with van der Waals surface area (Å²) in [6.07, 6.45) is 3.22. The highest BCUT2D eigenvalue weighted by Crippen LogP contribution is 2.18. The minimum atomic E-state index is -0.647. The van der Waals surface area contributed by atoms with E-state index in [0.29, 0.717) is 11.5 Å². The summed E-state index contributed by atoms with van der Waals surface area (Å²) in [6, 6.07) is 4.96. The van der Waals surface area contributed by atoms with E-state index in [1.807, 2.05) is 0 Å². The van der Waals surface area contributed by atoms with Gasteiger partial charge in [0, 0.05) is 18.0 Å². The molecule has 2 N–H and O–H groups in total. The average molecular weight is 246 g/mol. The van der Waals surface area contributed by atoms with Gasteiger partial charge in [-0.2, -0.15) is 0 Å². The zero-order valence-electron chi connectivity index (χ0n) is 9.11. The molecular weight excluding hydrogens is 238 g/mol. The van der Waals surface area contributed by atoms with Gasteiger partial charge >= 0.3 is 0 Å². The van der Waals surface area contributed by atoms with Crippen molar-refractivity contribution >= 4 is 22.7 Å². The van der Waals surface area contributed by atoms with E-state index in [4.69, 9.17) is 0 Å². The molecule has 4 nitrogen and oxygen atoms in total. The van der Waals surface area contributed by atoms with Crippen LogP contribution >= 0.6 is 0 Å². The van der Waals surface area contributed by atoms with E-state index in [2.05, 4.69) is 20.3 Å². The molecule has 0 saturated carbocycles. The normalized spacial score (nSPS) is 10.8. The molecule has 2 heterocycles. The highest BCUT2D eigenvalue weighted by molar-refractivity contribution is 5.72. The third kappa shape index (κ3) is 2.00. The molecule has 0 saturated heterocycles. The lowest BCUT2D eigenvalue weighted by Crippen LogP contribution is -1.96. The first kappa shape index (κ1) is 10.6. The van der Waals surface area contributed by atoms with E-state index in [0.717, 1.165) is 11.6 Å². The van der Waals surface area contributed by atoms with Gasteiger partial charge in [0.2, 0.25) is 0 Å². The van der Waals surface area contributed by atoms with Crippen molar-refractivity contribution in [2.24, 2.45) is 0 Å². The first-order chi connectivity index (χ1) is 8.70. The molecule has 0 radical (unpaired) electrons. The number of H-pyrrole nitrogens is 1. The van der Waals surface area contributed by atoms with Crippen molar-refractivity contribution in [2.75, 3.05) is 5.32 Å². The van der Waals surface area contributed by atoms with Crippen LogP contribution in [0.2, 0.25) is 0 Å². The van der Waals surface area contributed by atoms with E-state index in [1.54, 1.807) is 12.3 Å². The largest absolute Gasteiger partial charge is 0.345 e. The standard InChI is InChI=1S/C12H8F2N4/c13-7-3-8(14)5-9(4-7)17-11-6-16-10-1-2-15-12(10)18-11/h1-6H,(H2,15,17,18). The minimum absolute atomic E-state index is 0.285. The SMILES string of the molecule is Fc1cc(F)cc(Nc2cnc3cc[nH]c3n2)c1. The smallest absolute Gasteiger partial charge is 0.158 e. The Morgan fingerprint density at radius 3 is 2.67 bits per heavy atom. The van der Waals surface area contributed by atoms with Crippen LogP contribution in [-0.2, 0) is 0 Å². The molecule has 0 aliphatic heterocycles.